The van der Waals surface area contributed by atoms with Crippen LogP contribution in [0.25, 0.3) is 0 Å². The highest BCUT2D eigenvalue weighted by atomic mass is 35.5. The summed E-state index contributed by atoms with van der Waals surface area (Å²) in [5.41, 5.74) is 2.46. The molecule has 0 saturated heterocycles. The van der Waals surface area contributed by atoms with E-state index in [4.69, 9.17) is 34.8 Å². The second-order valence-corrected chi connectivity index (χ2v) is 15.3. The van der Waals surface area contributed by atoms with Crippen molar-refractivity contribution < 1.29 is 18.0 Å². The topological polar surface area (TPSA) is 86.8 Å². The summed E-state index contributed by atoms with van der Waals surface area (Å²) in [6.45, 7) is 1.22. The molecule has 0 aliphatic heterocycles. The van der Waals surface area contributed by atoms with Crippen LogP contribution in [0.15, 0.2) is 102 Å². The lowest BCUT2D eigenvalue weighted by Crippen LogP contribution is -2.55. The Labute approximate surface area is 297 Å². The zero-order valence-electron chi connectivity index (χ0n) is 26.6. The number of rotatable bonds is 12. The Hall–Kier alpha value is -3.56. The highest BCUT2D eigenvalue weighted by Gasteiger charge is 2.36. The quantitative estimate of drug-likeness (QED) is 0.159. The molecule has 0 unspecified atom stereocenters. The van der Waals surface area contributed by atoms with Gasteiger partial charge in [0.15, 0.2) is 0 Å². The first-order valence-corrected chi connectivity index (χ1v) is 18.5. The molecule has 7 nitrogen and oxygen atoms in total. The second-order valence-electron chi connectivity index (χ2n) is 12.1. The van der Waals surface area contributed by atoms with Crippen LogP contribution in [0.2, 0.25) is 15.1 Å². The van der Waals surface area contributed by atoms with Gasteiger partial charge in [-0.2, -0.15) is 0 Å². The minimum absolute atomic E-state index is 0.00340. The number of hydrogen-bond acceptors (Lipinski definition) is 4. The molecule has 48 heavy (non-hydrogen) atoms. The van der Waals surface area contributed by atoms with Gasteiger partial charge in [-0.1, -0.05) is 114 Å². The molecular weight excluding hydrogens is 689 g/mol. The molecule has 1 atom stereocenters. The van der Waals surface area contributed by atoms with Crippen LogP contribution in [0.4, 0.5) is 5.69 Å². The van der Waals surface area contributed by atoms with Crippen LogP contribution in [0.3, 0.4) is 0 Å². The summed E-state index contributed by atoms with van der Waals surface area (Å²) in [5.74, 6) is -0.892. The van der Waals surface area contributed by atoms with Gasteiger partial charge in [-0.15, -0.1) is 0 Å². The molecule has 4 aromatic carbocycles. The first-order chi connectivity index (χ1) is 23.0. The fourth-order valence-electron chi connectivity index (χ4n) is 5.96. The number of nitrogens with one attached hydrogen (secondary N) is 1. The summed E-state index contributed by atoms with van der Waals surface area (Å²) in [4.78, 5) is 30.4. The minimum Gasteiger partial charge on any atom is -0.352 e. The van der Waals surface area contributed by atoms with Gasteiger partial charge in [0.25, 0.3) is 10.0 Å². The Kier molecular flexibility index (Phi) is 12.1. The summed E-state index contributed by atoms with van der Waals surface area (Å²) >= 11 is 19.3. The predicted octanol–water partition coefficient (Wildman–Crippen LogP) is 8.24. The van der Waals surface area contributed by atoms with E-state index in [0.29, 0.717) is 10.6 Å². The molecule has 11 heteroatoms. The average molecular weight is 727 g/mol. The van der Waals surface area contributed by atoms with Crippen molar-refractivity contribution in [2.75, 3.05) is 10.8 Å². The molecule has 1 saturated carbocycles. The fourth-order valence-corrected chi connectivity index (χ4v) is 8.03. The lowest BCUT2D eigenvalue weighted by Gasteiger charge is -2.35. The zero-order chi connectivity index (χ0) is 34.3. The smallest absolute Gasteiger partial charge is 0.264 e. The van der Waals surface area contributed by atoms with E-state index in [9.17, 15) is 18.0 Å². The zero-order valence-corrected chi connectivity index (χ0v) is 29.7. The van der Waals surface area contributed by atoms with E-state index in [-0.39, 0.29) is 45.5 Å². The molecule has 1 aliphatic rings. The van der Waals surface area contributed by atoms with E-state index in [1.54, 1.807) is 36.4 Å². The number of anilines is 1. The van der Waals surface area contributed by atoms with Crippen molar-refractivity contribution in [2.24, 2.45) is 0 Å². The molecule has 5 rings (SSSR count). The minimum atomic E-state index is -4.32. The summed E-state index contributed by atoms with van der Waals surface area (Å²) in [6, 6.07) is 26.3. The number of carbonyl (C=O) groups excluding carboxylic acids is 2. The van der Waals surface area contributed by atoms with Gasteiger partial charge in [0.1, 0.15) is 12.6 Å². The highest BCUT2D eigenvalue weighted by molar-refractivity contribution is 7.92. The van der Waals surface area contributed by atoms with Gasteiger partial charge in [-0.25, -0.2) is 8.42 Å². The van der Waals surface area contributed by atoms with Gasteiger partial charge in [0.2, 0.25) is 11.8 Å². The maximum atomic E-state index is 14.7. The first-order valence-electron chi connectivity index (χ1n) is 15.9. The lowest BCUT2D eigenvalue weighted by molar-refractivity contribution is -0.140. The van der Waals surface area contributed by atoms with Gasteiger partial charge in [0, 0.05) is 29.1 Å². The molecule has 0 aromatic heterocycles. The molecule has 252 valence electrons. The summed E-state index contributed by atoms with van der Waals surface area (Å²) in [5, 5.41) is 4.02. The summed E-state index contributed by atoms with van der Waals surface area (Å²) < 4.78 is 29.5. The van der Waals surface area contributed by atoms with E-state index < -0.39 is 28.5 Å². The third kappa shape index (κ3) is 9.11. The molecule has 0 heterocycles. The van der Waals surface area contributed by atoms with E-state index in [1.807, 2.05) is 43.3 Å². The SMILES string of the molecule is Cc1ccc(S(=O)(=O)N(CC(=O)N(Cc2cccc(Cl)c2)[C@H](Cc2ccccc2)C(=O)NC2CCCCC2)c2cc(Cl)ccc2Cl)cc1. The largest absolute Gasteiger partial charge is 0.352 e. The van der Waals surface area contributed by atoms with Crippen LogP contribution in [-0.4, -0.2) is 43.8 Å². The van der Waals surface area contributed by atoms with E-state index in [2.05, 4.69) is 5.32 Å². The molecule has 4 aromatic rings. The number of benzene rings is 4. The Bertz CT molecular complexity index is 1830. The predicted molar refractivity (Wildman–Crippen MR) is 193 cm³/mol. The Morgan fingerprint density at radius 3 is 2.17 bits per heavy atom. The van der Waals surface area contributed by atoms with Crippen LogP contribution in [0, 0.1) is 6.92 Å². The highest BCUT2D eigenvalue weighted by Crippen LogP contribution is 2.33. The first kappa shape index (κ1) is 35.7. The lowest BCUT2D eigenvalue weighted by atomic mass is 9.94. The number of amides is 2. The maximum Gasteiger partial charge on any atom is 0.264 e. The second kappa shape index (κ2) is 16.2. The van der Waals surface area contributed by atoms with Gasteiger partial charge in [-0.3, -0.25) is 13.9 Å². The van der Waals surface area contributed by atoms with Gasteiger partial charge in [0.05, 0.1) is 15.6 Å². The molecule has 1 fully saturated rings. The molecule has 0 bridgehead atoms. The third-order valence-corrected chi connectivity index (χ3v) is 11.1. The number of carbonyl (C=O) groups is 2. The van der Waals surface area contributed by atoms with E-state index in [1.165, 1.54) is 29.2 Å². The Balaban J connectivity index is 1.59. The third-order valence-electron chi connectivity index (χ3n) is 8.53. The number of halogens is 3. The number of sulfonamides is 1. The molecule has 1 aliphatic carbocycles. The van der Waals surface area contributed by atoms with Crippen molar-refractivity contribution in [3.63, 3.8) is 0 Å². The normalized spacial score (nSPS) is 14.2. The van der Waals surface area contributed by atoms with Crippen molar-refractivity contribution in [1.82, 2.24) is 10.2 Å². The number of hydrogen-bond donors (Lipinski definition) is 1. The van der Waals surface area contributed by atoms with Crippen LogP contribution in [0.5, 0.6) is 0 Å². The fraction of sp³-hybridized carbons (Fsp3) is 0.297. The Morgan fingerprint density at radius 2 is 1.48 bits per heavy atom. The average Bonchev–Trinajstić information content (AvgIpc) is 3.07. The summed E-state index contributed by atoms with van der Waals surface area (Å²) in [7, 11) is -4.32. The molecule has 0 radical (unpaired) electrons. The monoisotopic (exact) mass is 725 g/mol. The van der Waals surface area contributed by atoms with Crippen molar-refractivity contribution >= 4 is 62.3 Å². The molecule has 0 spiro atoms. The van der Waals surface area contributed by atoms with E-state index >= 15 is 0 Å². The summed E-state index contributed by atoms with van der Waals surface area (Å²) in [6.07, 6.45) is 5.10. The van der Waals surface area contributed by atoms with Gasteiger partial charge in [-0.05, 0) is 73.4 Å². The van der Waals surface area contributed by atoms with Crippen LogP contribution in [0.1, 0.15) is 48.8 Å². The standard InChI is InChI=1S/C37H38Cl3N3O4S/c1-26-15-18-32(19-16-26)48(46,47)43(34-23-30(39)17-20-33(34)40)25-36(44)42(24-28-11-8-12-29(38)21-28)35(22-27-9-4-2-5-10-27)37(45)41-31-13-6-3-7-14-31/h2,4-5,8-12,15-21,23,31,35H,3,6-7,13-14,22,24-25H2,1H3,(H,41,45)/t35-/m1/s1. The van der Waals surface area contributed by atoms with Crippen LogP contribution < -0.4 is 9.62 Å². The van der Waals surface area contributed by atoms with Crippen LogP contribution in [-0.2, 0) is 32.6 Å². The maximum absolute atomic E-state index is 14.7. The van der Waals surface area contributed by atoms with Crippen molar-refractivity contribution in [1.29, 1.82) is 0 Å². The Morgan fingerprint density at radius 1 is 0.812 bits per heavy atom. The van der Waals surface area contributed by atoms with Gasteiger partial charge < -0.3 is 10.2 Å². The van der Waals surface area contributed by atoms with Crippen molar-refractivity contribution in [3.05, 3.63) is 129 Å². The van der Waals surface area contributed by atoms with Gasteiger partial charge >= 0.3 is 0 Å². The van der Waals surface area contributed by atoms with Crippen molar-refractivity contribution in [2.45, 2.75) is 69.0 Å². The molecular formula is C37H38Cl3N3O4S. The van der Waals surface area contributed by atoms with Crippen molar-refractivity contribution in [3.8, 4) is 0 Å². The van der Waals surface area contributed by atoms with E-state index in [0.717, 1.165) is 47.5 Å². The molecule has 2 amide bonds. The number of aryl methyl sites for hydroxylation is 1. The number of nitrogens with zero attached hydrogens (tertiary/aromatic N) is 2. The molecule has 1 N–H and O–H groups in total. The van der Waals surface area contributed by atoms with Crippen LogP contribution >= 0.6 is 34.8 Å².